The molecule has 0 aliphatic carbocycles. The Labute approximate surface area is 287 Å². The number of benzene rings is 1. The second kappa shape index (κ2) is 28.2. The number of unbranched alkanes of at least 4 members (excludes halogenated alkanes) is 22. The fourth-order valence-corrected chi connectivity index (χ4v) is 5.92. The molecule has 0 spiro atoms. The van der Waals surface area contributed by atoms with Gasteiger partial charge in [0.15, 0.2) is 0 Å². The van der Waals surface area contributed by atoms with E-state index in [4.69, 9.17) is 0 Å². The van der Waals surface area contributed by atoms with Crippen LogP contribution in [0, 0.1) is 0 Å². The van der Waals surface area contributed by atoms with E-state index in [9.17, 15) is 19.5 Å². The van der Waals surface area contributed by atoms with E-state index >= 15 is 0 Å². The van der Waals surface area contributed by atoms with Crippen molar-refractivity contribution in [3.05, 3.63) is 48.1 Å². The smallest absolute Gasteiger partial charge is 0.335 e. The molecule has 6 heteroatoms. The number of rotatable bonds is 31. The predicted molar refractivity (Wildman–Crippen MR) is 200 cm³/mol. The summed E-state index contributed by atoms with van der Waals surface area (Å²) in [5.74, 6) is -1.80. The molecule has 0 fully saturated rings. The average molecular weight is 653 g/mol. The Hall–Kier alpha value is -2.89. The maximum absolute atomic E-state index is 12.8. The lowest BCUT2D eigenvalue weighted by molar-refractivity contribution is -0.113. The highest BCUT2D eigenvalue weighted by Gasteiger charge is 2.14. The molecule has 2 amide bonds. The molecular formula is C41H68N2O4. The molecule has 0 heterocycles. The fourth-order valence-electron chi connectivity index (χ4n) is 5.92. The Morgan fingerprint density at radius 2 is 0.766 bits per heavy atom. The summed E-state index contributed by atoms with van der Waals surface area (Å²) in [7, 11) is 0. The normalized spacial score (nSPS) is 10.9. The number of hydrogen-bond acceptors (Lipinski definition) is 3. The van der Waals surface area contributed by atoms with Crippen LogP contribution >= 0.6 is 0 Å². The van der Waals surface area contributed by atoms with Gasteiger partial charge in [0, 0.05) is 22.5 Å². The molecular weight excluding hydrogens is 584 g/mol. The average Bonchev–Trinajstić information content (AvgIpc) is 3.05. The second-order valence-electron chi connectivity index (χ2n) is 13.5. The highest BCUT2D eigenvalue weighted by atomic mass is 16.4. The van der Waals surface area contributed by atoms with Gasteiger partial charge in [-0.2, -0.15) is 0 Å². The minimum Gasteiger partial charge on any atom is -0.478 e. The number of carboxylic acid groups (broad SMARTS) is 1. The van der Waals surface area contributed by atoms with E-state index in [1.165, 1.54) is 141 Å². The van der Waals surface area contributed by atoms with Crippen LogP contribution < -0.4 is 10.6 Å². The molecule has 0 unspecified atom stereocenters. The summed E-state index contributed by atoms with van der Waals surface area (Å²) in [5, 5.41) is 15.2. The highest BCUT2D eigenvalue weighted by Crippen LogP contribution is 2.22. The van der Waals surface area contributed by atoms with Gasteiger partial charge in [-0.05, 0) is 43.9 Å². The van der Waals surface area contributed by atoms with Crippen molar-refractivity contribution in [1.82, 2.24) is 0 Å². The Kier molecular flexibility index (Phi) is 25.2. The first-order valence-electron chi connectivity index (χ1n) is 19.1. The van der Waals surface area contributed by atoms with Crippen molar-refractivity contribution in [2.75, 3.05) is 10.6 Å². The number of aromatic carboxylic acids is 1. The lowest BCUT2D eigenvalue weighted by atomic mass is 10.0. The monoisotopic (exact) mass is 653 g/mol. The first kappa shape index (κ1) is 42.1. The molecule has 266 valence electrons. The molecule has 0 atom stereocenters. The lowest BCUT2D eigenvalue weighted by Gasteiger charge is -2.13. The molecule has 0 aliphatic rings. The van der Waals surface area contributed by atoms with E-state index < -0.39 is 5.97 Å². The predicted octanol–water partition coefficient (Wildman–Crippen LogP) is 12.6. The van der Waals surface area contributed by atoms with Gasteiger partial charge < -0.3 is 15.7 Å². The van der Waals surface area contributed by atoms with Crippen LogP contribution in [0.3, 0.4) is 0 Å². The minimum absolute atomic E-state index is 0.0174. The van der Waals surface area contributed by atoms with Crippen molar-refractivity contribution < 1.29 is 19.5 Å². The van der Waals surface area contributed by atoms with Gasteiger partial charge in [-0.15, -0.1) is 0 Å². The van der Waals surface area contributed by atoms with Crippen molar-refractivity contribution in [1.29, 1.82) is 0 Å². The molecule has 0 bridgehead atoms. The van der Waals surface area contributed by atoms with Crippen LogP contribution in [0.15, 0.2) is 42.5 Å². The van der Waals surface area contributed by atoms with Gasteiger partial charge in [0.05, 0.1) is 5.56 Å². The van der Waals surface area contributed by atoms with Crippen molar-refractivity contribution in [3.63, 3.8) is 0 Å². The van der Waals surface area contributed by atoms with E-state index in [0.717, 1.165) is 25.7 Å². The quantitative estimate of drug-likeness (QED) is 0.0549. The first-order chi connectivity index (χ1) is 22.8. The summed E-state index contributed by atoms with van der Waals surface area (Å²) >= 11 is 0. The Bertz CT molecular complexity index is 976. The number of hydrogen-bond donors (Lipinski definition) is 3. The number of carbonyl (C=O) groups excluding carboxylic acids is 2. The van der Waals surface area contributed by atoms with Gasteiger partial charge in [0.2, 0.25) is 0 Å². The van der Waals surface area contributed by atoms with Crippen molar-refractivity contribution >= 4 is 29.2 Å². The third-order valence-corrected chi connectivity index (χ3v) is 9.00. The standard InChI is InChI=1S/C41H68N2O4/c1-5-7-9-11-13-15-17-19-21-23-25-27-29-34(3)39(44)42-37-31-36(41(46)47)32-38(33-37)43-40(45)35(4)30-28-26-24-22-20-18-16-14-12-10-8-6-2/h31-33H,3-30H2,1-2H3,(H,42,44)(H,43,45)(H,46,47). The lowest BCUT2D eigenvalue weighted by Crippen LogP contribution is -2.17. The molecule has 0 saturated carbocycles. The van der Waals surface area contributed by atoms with Gasteiger partial charge in [-0.3, -0.25) is 9.59 Å². The molecule has 0 radical (unpaired) electrons. The fraction of sp³-hybridized carbons (Fsp3) is 0.683. The zero-order valence-electron chi connectivity index (χ0n) is 30.2. The van der Waals surface area contributed by atoms with Crippen LogP contribution in [0.5, 0.6) is 0 Å². The summed E-state index contributed by atoms with van der Waals surface area (Å²) in [6.07, 6.45) is 31.3. The van der Waals surface area contributed by atoms with E-state index in [1.54, 1.807) is 6.07 Å². The zero-order valence-corrected chi connectivity index (χ0v) is 30.2. The van der Waals surface area contributed by atoms with Crippen LogP contribution in [0.1, 0.15) is 191 Å². The van der Waals surface area contributed by atoms with Gasteiger partial charge in [0.1, 0.15) is 0 Å². The molecule has 1 aromatic rings. The number of nitrogens with one attached hydrogen (secondary N) is 2. The molecule has 47 heavy (non-hydrogen) atoms. The zero-order chi connectivity index (χ0) is 34.5. The van der Waals surface area contributed by atoms with Crippen LogP contribution in [0.25, 0.3) is 0 Å². The van der Waals surface area contributed by atoms with Crippen LogP contribution in [0.2, 0.25) is 0 Å². The van der Waals surface area contributed by atoms with Gasteiger partial charge >= 0.3 is 5.97 Å². The number of carboxylic acids is 1. The Morgan fingerprint density at radius 3 is 1.04 bits per heavy atom. The molecule has 3 N–H and O–H groups in total. The molecule has 1 rings (SSSR count). The maximum atomic E-state index is 12.8. The highest BCUT2D eigenvalue weighted by molar-refractivity contribution is 6.06. The van der Waals surface area contributed by atoms with Crippen molar-refractivity contribution in [3.8, 4) is 0 Å². The summed E-state index contributed by atoms with van der Waals surface area (Å²) < 4.78 is 0. The summed E-state index contributed by atoms with van der Waals surface area (Å²) in [5.41, 5.74) is 1.55. The molecule has 0 saturated heterocycles. The van der Waals surface area contributed by atoms with Crippen LogP contribution in [0.4, 0.5) is 11.4 Å². The minimum atomic E-state index is -1.14. The summed E-state index contributed by atoms with van der Waals surface area (Å²) in [6.45, 7) is 12.4. The molecule has 0 aromatic heterocycles. The van der Waals surface area contributed by atoms with E-state index in [1.807, 2.05) is 0 Å². The number of carbonyl (C=O) groups is 3. The van der Waals surface area contributed by atoms with Gasteiger partial charge in [0.25, 0.3) is 11.8 Å². The van der Waals surface area contributed by atoms with Crippen LogP contribution in [-0.2, 0) is 9.59 Å². The first-order valence-corrected chi connectivity index (χ1v) is 19.1. The van der Waals surface area contributed by atoms with Crippen molar-refractivity contribution in [2.24, 2.45) is 0 Å². The van der Waals surface area contributed by atoms with Crippen LogP contribution in [-0.4, -0.2) is 22.9 Å². The number of amides is 2. The van der Waals surface area contributed by atoms with E-state index in [-0.39, 0.29) is 17.4 Å². The number of anilines is 2. The summed E-state index contributed by atoms with van der Waals surface area (Å²) in [6, 6.07) is 4.37. The van der Waals surface area contributed by atoms with Gasteiger partial charge in [-0.25, -0.2) is 4.79 Å². The van der Waals surface area contributed by atoms with Gasteiger partial charge in [-0.1, -0.05) is 168 Å². The molecule has 0 aliphatic heterocycles. The SMILES string of the molecule is C=C(CCCCCCCCCCCCCC)C(=O)Nc1cc(NC(=O)C(=C)CCCCCCCCCCCCCC)cc(C(=O)O)c1. The topological polar surface area (TPSA) is 95.5 Å². The Morgan fingerprint density at radius 1 is 0.489 bits per heavy atom. The second-order valence-corrected chi connectivity index (χ2v) is 13.5. The Balaban J connectivity index is 2.35. The third kappa shape index (κ3) is 22.3. The van der Waals surface area contributed by atoms with E-state index in [2.05, 4.69) is 37.6 Å². The van der Waals surface area contributed by atoms with Crippen molar-refractivity contribution in [2.45, 2.75) is 181 Å². The maximum Gasteiger partial charge on any atom is 0.335 e. The molecule has 1 aromatic carbocycles. The van der Waals surface area contributed by atoms with E-state index in [0.29, 0.717) is 35.4 Å². The largest absolute Gasteiger partial charge is 0.478 e. The summed E-state index contributed by atoms with van der Waals surface area (Å²) in [4.78, 5) is 37.4. The third-order valence-electron chi connectivity index (χ3n) is 9.00. The molecule has 6 nitrogen and oxygen atoms in total.